The molecule has 0 radical (unpaired) electrons. The maximum atomic E-state index is 13.9. The van der Waals surface area contributed by atoms with E-state index in [0.717, 1.165) is 36.1 Å². The summed E-state index contributed by atoms with van der Waals surface area (Å²) in [6.07, 6.45) is 1.83. The van der Waals surface area contributed by atoms with E-state index in [0.29, 0.717) is 47.6 Å². The number of fused-ring (bicyclic) bond motifs is 1. The van der Waals surface area contributed by atoms with Crippen LogP contribution in [0.5, 0.6) is 11.5 Å². The summed E-state index contributed by atoms with van der Waals surface area (Å²) in [7, 11) is 3.18. The molecule has 1 amide bonds. The number of morpholine rings is 1. The smallest absolute Gasteiger partial charge is 0.262 e. The van der Waals surface area contributed by atoms with Crippen LogP contribution >= 0.6 is 11.3 Å². The minimum absolute atomic E-state index is 0.0722. The SMILES string of the molecule is COc1cccc(C(=O)n2c(C)c(CC(=O)N(CCN3CCOCC3)c3nccs3)c3cc(OC)ccc32)c1. The molecular weight excluding hydrogens is 516 g/mol. The second kappa shape index (κ2) is 12.0. The van der Waals surface area contributed by atoms with Crippen LogP contribution in [0.3, 0.4) is 0 Å². The third kappa shape index (κ3) is 5.68. The van der Waals surface area contributed by atoms with E-state index in [2.05, 4.69) is 9.88 Å². The number of rotatable bonds is 9. The van der Waals surface area contributed by atoms with Crippen molar-refractivity contribution in [2.24, 2.45) is 0 Å². The number of carbonyl (C=O) groups is 2. The fourth-order valence-corrected chi connectivity index (χ4v) is 5.63. The van der Waals surface area contributed by atoms with Crippen LogP contribution in [0.15, 0.2) is 54.0 Å². The molecule has 1 aliphatic rings. The molecule has 2 aromatic carbocycles. The molecule has 2 aromatic heterocycles. The lowest BCUT2D eigenvalue weighted by atomic mass is 10.1. The summed E-state index contributed by atoms with van der Waals surface area (Å²) in [6, 6.07) is 12.7. The third-order valence-electron chi connectivity index (χ3n) is 7.08. The van der Waals surface area contributed by atoms with E-state index >= 15 is 0 Å². The zero-order chi connectivity index (χ0) is 27.4. The van der Waals surface area contributed by atoms with Crippen LogP contribution < -0.4 is 14.4 Å². The molecule has 3 heterocycles. The quantitative estimate of drug-likeness (QED) is 0.312. The van der Waals surface area contributed by atoms with Crippen molar-refractivity contribution >= 4 is 39.2 Å². The van der Waals surface area contributed by atoms with Gasteiger partial charge in [-0.25, -0.2) is 4.98 Å². The Labute approximate surface area is 231 Å². The molecule has 1 aliphatic heterocycles. The average molecular weight is 549 g/mol. The van der Waals surface area contributed by atoms with Gasteiger partial charge in [-0.3, -0.25) is 24.0 Å². The van der Waals surface area contributed by atoms with Gasteiger partial charge in [-0.15, -0.1) is 11.3 Å². The lowest BCUT2D eigenvalue weighted by Gasteiger charge is -2.29. The van der Waals surface area contributed by atoms with Crippen LogP contribution in [-0.4, -0.2) is 79.9 Å². The number of amides is 1. The van der Waals surface area contributed by atoms with E-state index in [1.807, 2.05) is 30.5 Å². The number of anilines is 1. The van der Waals surface area contributed by atoms with E-state index in [9.17, 15) is 9.59 Å². The molecule has 4 aromatic rings. The van der Waals surface area contributed by atoms with Gasteiger partial charge in [-0.2, -0.15) is 0 Å². The molecule has 39 heavy (non-hydrogen) atoms. The van der Waals surface area contributed by atoms with Crippen LogP contribution in [0.4, 0.5) is 5.13 Å². The number of carbonyl (C=O) groups excluding carboxylic acids is 2. The lowest BCUT2D eigenvalue weighted by molar-refractivity contribution is -0.118. The minimum atomic E-state index is -0.190. The number of methoxy groups -OCH3 is 2. The molecule has 0 unspecified atom stereocenters. The van der Waals surface area contributed by atoms with Gasteiger partial charge in [-0.05, 0) is 48.9 Å². The van der Waals surface area contributed by atoms with Crippen molar-refractivity contribution in [1.82, 2.24) is 14.5 Å². The van der Waals surface area contributed by atoms with Gasteiger partial charge in [0.05, 0.1) is 39.4 Å². The topological polar surface area (TPSA) is 86.1 Å². The van der Waals surface area contributed by atoms with Crippen molar-refractivity contribution in [3.05, 3.63) is 70.9 Å². The van der Waals surface area contributed by atoms with Crippen molar-refractivity contribution in [1.29, 1.82) is 0 Å². The number of hydrogen-bond acceptors (Lipinski definition) is 8. The van der Waals surface area contributed by atoms with E-state index in [4.69, 9.17) is 14.2 Å². The largest absolute Gasteiger partial charge is 0.497 e. The van der Waals surface area contributed by atoms with Crippen molar-refractivity contribution in [3.63, 3.8) is 0 Å². The fraction of sp³-hybridized carbons (Fsp3) is 0.345. The molecular formula is C29H32N4O5S. The fourth-order valence-electron chi connectivity index (χ4n) is 4.95. The highest BCUT2D eigenvalue weighted by Crippen LogP contribution is 2.32. The summed E-state index contributed by atoms with van der Waals surface area (Å²) < 4.78 is 18.0. The Morgan fingerprint density at radius 2 is 1.85 bits per heavy atom. The Bertz CT molecular complexity index is 1460. The van der Waals surface area contributed by atoms with Gasteiger partial charge in [0.2, 0.25) is 5.91 Å². The molecule has 204 valence electrons. The number of ether oxygens (including phenoxy) is 3. The predicted molar refractivity (Wildman–Crippen MR) is 151 cm³/mol. The van der Waals surface area contributed by atoms with Crippen molar-refractivity contribution < 1.29 is 23.8 Å². The Hall–Kier alpha value is -3.73. The molecule has 9 nitrogen and oxygen atoms in total. The molecule has 0 N–H and O–H groups in total. The highest BCUT2D eigenvalue weighted by molar-refractivity contribution is 7.13. The van der Waals surface area contributed by atoms with Crippen molar-refractivity contribution in [2.75, 3.05) is 58.5 Å². The molecule has 0 spiro atoms. The zero-order valence-corrected chi connectivity index (χ0v) is 23.2. The molecule has 0 atom stereocenters. The second-order valence-corrected chi connectivity index (χ2v) is 10.2. The summed E-state index contributed by atoms with van der Waals surface area (Å²) in [4.78, 5) is 36.1. The second-order valence-electron chi connectivity index (χ2n) is 9.31. The van der Waals surface area contributed by atoms with Crippen LogP contribution in [-0.2, 0) is 16.0 Å². The number of nitrogens with zero attached hydrogens (tertiary/aromatic N) is 4. The average Bonchev–Trinajstić information content (AvgIpc) is 3.60. The molecule has 1 saturated heterocycles. The maximum Gasteiger partial charge on any atom is 0.262 e. The summed E-state index contributed by atoms with van der Waals surface area (Å²) in [5.74, 6) is 0.999. The first-order chi connectivity index (χ1) is 19.0. The van der Waals surface area contributed by atoms with Gasteiger partial charge < -0.3 is 14.2 Å². The van der Waals surface area contributed by atoms with Crippen molar-refractivity contribution in [3.8, 4) is 11.5 Å². The maximum absolute atomic E-state index is 13.9. The number of hydrogen-bond donors (Lipinski definition) is 0. The lowest BCUT2D eigenvalue weighted by Crippen LogP contribution is -2.43. The molecule has 0 aliphatic carbocycles. The van der Waals surface area contributed by atoms with Crippen LogP contribution in [0.1, 0.15) is 21.6 Å². The van der Waals surface area contributed by atoms with E-state index in [1.165, 1.54) is 11.3 Å². The first-order valence-corrected chi connectivity index (χ1v) is 13.7. The summed E-state index contributed by atoms with van der Waals surface area (Å²) in [6.45, 7) is 6.24. The monoisotopic (exact) mass is 548 g/mol. The summed E-state index contributed by atoms with van der Waals surface area (Å²) >= 11 is 1.44. The van der Waals surface area contributed by atoms with Gasteiger partial charge in [0.15, 0.2) is 5.13 Å². The first kappa shape index (κ1) is 26.9. The standard InChI is InChI=1S/C29H32N4O5S/c1-20-24(19-27(34)32(29-30-9-16-39-29)11-10-31-12-14-38-15-13-31)25-18-23(37-3)7-8-26(25)33(20)28(35)21-5-4-6-22(17-21)36-2/h4-9,16-18H,10-15,19H2,1-3H3. The summed E-state index contributed by atoms with van der Waals surface area (Å²) in [5.41, 5.74) is 2.72. The Balaban J connectivity index is 1.50. The highest BCUT2D eigenvalue weighted by Gasteiger charge is 2.26. The van der Waals surface area contributed by atoms with Gasteiger partial charge in [0.1, 0.15) is 11.5 Å². The van der Waals surface area contributed by atoms with Crippen LogP contribution in [0.2, 0.25) is 0 Å². The van der Waals surface area contributed by atoms with Crippen molar-refractivity contribution in [2.45, 2.75) is 13.3 Å². The first-order valence-electron chi connectivity index (χ1n) is 12.9. The number of benzene rings is 2. The van der Waals surface area contributed by atoms with Gasteiger partial charge >= 0.3 is 0 Å². The highest BCUT2D eigenvalue weighted by atomic mass is 32.1. The van der Waals surface area contributed by atoms with Crippen LogP contribution in [0.25, 0.3) is 10.9 Å². The molecule has 5 rings (SSSR count). The molecule has 10 heteroatoms. The Kier molecular flexibility index (Phi) is 8.25. The predicted octanol–water partition coefficient (Wildman–Crippen LogP) is 4.02. The summed E-state index contributed by atoms with van der Waals surface area (Å²) in [5, 5.41) is 3.35. The van der Waals surface area contributed by atoms with E-state index in [1.54, 1.807) is 54.1 Å². The zero-order valence-electron chi connectivity index (χ0n) is 22.4. The Morgan fingerprint density at radius 3 is 2.56 bits per heavy atom. The van der Waals surface area contributed by atoms with E-state index in [-0.39, 0.29) is 18.2 Å². The normalized spacial score (nSPS) is 13.9. The minimum Gasteiger partial charge on any atom is -0.497 e. The molecule has 0 saturated carbocycles. The van der Waals surface area contributed by atoms with Crippen LogP contribution in [0, 0.1) is 6.92 Å². The van der Waals surface area contributed by atoms with Gasteiger partial charge in [-0.1, -0.05) is 6.07 Å². The third-order valence-corrected chi connectivity index (χ3v) is 7.88. The Morgan fingerprint density at radius 1 is 1.08 bits per heavy atom. The number of aromatic nitrogens is 2. The molecule has 1 fully saturated rings. The number of thiazole rings is 1. The van der Waals surface area contributed by atoms with Gasteiger partial charge in [0.25, 0.3) is 5.91 Å². The van der Waals surface area contributed by atoms with E-state index < -0.39 is 0 Å². The van der Waals surface area contributed by atoms with Gasteiger partial charge in [0, 0.05) is 54.4 Å². The molecule has 0 bridgehead atoms.